The van der Waals surface area contributed by atoms with Crippen molar-refractivity contribution < 1.29 is 35.5 Å². The molecule has 0 bridgehead atoms. The number of carbonyl (C=O) groups excluding carboxylic acids is 1. The third-order valence-corrected chi connectivity index (χ3v) is 7.46. The van der Waals surface area contributed by atoms with Gasteiger partial charge in [0.15, 0.2) is 0 Å². The lowest BCUT2D eigenvalue weighted by atomic mass is 9.89. The molecule has 2 aromatic carbocycles. The summed E-state index contributed by atoms with van der Waals surface area (Å²) in [5.41, 5.74) is -1.67. The number of likely N-dealkylation sites (tertiary alicyclic amines) is 2. The topological polar surface area (TPSA) is 26.8 Å². The zero-order chi connectivity index (χ0) is 27.8. The van der Waals surface area contributed by atoms with E-state index in [9.17, 15) is 35.5 Å². The van der Waals surface area contributed by atoms with Gasteiger partial charge < -0.3 is 14.7 Å². The first kappa shape index (κ1) is 28.2. The van der Waals surface area contributed by atoms with Gasteiger partial charge >= 0.3 is 18.4 Å². The summed E-state index contributed by atoms with van der Waals surface area (Å²) in [6.45, 7) is 3.61. The van der Waals surface area contributed by atoms with Crippen LogP contribution in [0.4, 0.5) is 35.5 Å². The van der Waals surface area contributed by atoms with Gasteiger partial charge in [0, 0.05) is 26.2 Å². The molecule has 2 heterocycles. The number of rotatable bonds is 4. The zero-order valence-electron chi connectivity index (χ0n) is 21.2. The van der Waals surface area contributed by atoms with Gasteiger partial charge in [0.25, 0.3) is 0 Å². The van der Waals surface area contributed by atoms with Gasteiger partial charge in [-0.05, 0) is 92.7 Å². The van der Waals surface area contributed by atoms with Crippen LogP contribution in [0.15, 0.2) is 36.4 Å². The van der Waals surface area contributed by atoms with Crippen LogP contribution in [-0.4, -0.2) is 53.5 Å². The number of hydrogen-bond donors (Lipinski definition) is 0. The van der Waals surface area contributed by atoms with E-state index in [1.165, 1.54) is 19.2 Å². The second kappa shape index (κ2) is 10.7. The Morgan fingerprint density at radius 1 is 0.947 bits per heavy atom. The maximum atomic E-state index is 13.8. The van der Waals surface area contributed by atoms with E-state index in [0.717, 1.165) is 36.4 Å². The highest BCUT2D eigenvalue weighted by atomic mass is 19.4. The Balaban J connectivity index is 1.60. The molecule has 2 fully saturated rings. The van der Waals surface area contributed by atoms with Crippen molar-refractivity contribution in [2.75, 3.05) is 26.7 Å². The maximum Gasteiger partial charge on any atom is 0.416 e. The molecule has 0 saturated carbocycles. The molecular formula is C27H30F7N3O. The van der Waals surface area contributed by atoms with Gasteiger partial charge in [-0.2, -0.15) is 26.3 Å². The van der Waals surface area contributed by atoms with Gasteiger partial charge in [0.2, 0.25) is 0 Å². The molecule has 4 rings (SSSR count). The van der Waals surface area contributed by atoms with Crippen molar-refractivity contribution in [2.45, 2.75) is 63.6 Å². The first-order valence-corrected chi connectivity index (χ1v) is 12.5. The number of benzene rings is 2. The highest BCUT2D eigenvalue weighted by Gasteiger charge is 2.39. The van der Waals surface area contributed by atoms with Gasteiger partial charge in [-0.1, -0.05) is 6.07 Å². The van der Waals surface area contributed by atoms with E-state index in [0.29, 0.717) is 37.1 Å². The van der Waals surface area contributed by atoms with E-state index in [1.54, 1.807) is 17.9 Å². The summed E-state index contributed by atoms with van der Waals surface area (Å²) in [5.74, 6) is -0.404. The Hall–Kier alpha value is -2.82. The van der Waals surface area contributed by atoms with Crippen LogP contribution in [0.5, 0.6) is 0 Å². The minimum Gasteiger partial charge on any atom is -0.323 e. The molecule has 4 nitrogen and oxygen atoms in total. The number of hydrogen-bond acceptors (Lipinski definition) is 2. The number of nitrogens with zero attached hydrogens (tertiary/aromatic N) is 3. The molecule has 0 spiro atoms. The molecule has 208 valence electrons. The summed E-state index contributed by atoms with van der Waals surface area (Å²) in [6.07, 6.45) is -6.45. The Kier molecular flexibility index (Phi) is 7.97. The zero-order valence-corrected chi connectivity index (χ0v) is 21.2. The molecule has 2 atom stereocenters. The fourth-order valence-electron chi connectivity index (χ4n) is 5.59. The lowest BCUT2D eigenvalue weighted by molar-refractivity contribution is -0.143. The lowest BCUT2D eigenvalue weighted by Gasteiger charge is -2.44. The van der Waals surface area contributed by atoms with Crippen molar-refractivity contribution in [1.29, 1.82) is 0 Å². The predicted molar refractivity (Wildman–Crippen MR) is 128 cm³/mol. The minimum atomic E-state index is -4.97. The molecule has 0 unspecified atom stereocenters. The fraction of sp³-hybridized carbons (Fsp3) is 0.519. The standard InChI is InChI=1S/C27H30F7N3O/c1-17-11-21(28)5-6-23(17)24-15-22(36-8-3-4-9-36)7-10-37(24)25(38)35(2)16-18-12-19(26(29,30)31)14-20(13-18)27(32,33)34/h5-6,11-14,22,24H,3-4,7-10,15-16H2,1-2H3/t22-,24+/m0/s1. The van der Waals surface area contributed by atoms with Gasteiger partial charge in [-0.25, -0.2) is 9.18 Å². The molecular weight excluding hydrogens is 515 g/mol. The average Bonchev–Trinajstić information content (AvgIpc) is 3.37. The Morgan fingerprint density at radius 2 is 1.55 bits per heavy atom. The van der Waals surface area contributed by atoms with Crippen molar-refractivity contribution in [3.63, 3.8) is 0 Å². The van der Waals surface area contributed by atoms with Gasteiger partial charge in [-0.15, -0.1) is 0 Å². The number of urea groups is 1. The van der Waals surface area contributed by atoms with Crippen LogP contribution in [0.2, 0.25) is 0 Å². The molecule has 2 saturated heterocycles. The summed E-state index contributed by atoms with van der Waals surface area (Å²) >= 11 is 0. The van der Waals surface area contributed by atoms with Crippen LogP contribution < -0.4 is 0 Å². The molecule has 2 amide bonds. The van der Waals surface area contributed by atoms with E-state index in [4.69, 9.17) is 0 Å². The van der Waals surface area contributed by atoms with E-state index in [1.807, 2.05) is 0 Å². The third kappa shape index (κ3) is 6.24. The quantitative estimate of drug-likeness (QED) is 0.386. The molecule has 0 aromatic heterocycles. The Labute approximate surface area is 217 Å². The van der Waals surface area contributed by atoms with Crippen LogP contribution >= 0.6 is 0 Å². The highest BCUT2D eigenvalue weighted by molar-refractivity contribution is 5.75. The van der Waals surface area contributed by atoms with Crippen molar-refractivity contribution in [2.24, 2.45) is 0 Å². The Morgan fingerprint density at radius 3 is 2.11 bits per heavy atom. The van der Waals surface area contributed by atoms with Crippen LogP contribution in [0, 0.1) is 12.7 Å². The molecule has 0 N–H and O–H groups in total. The van der Waals surface area contributed by atoms with Crippen LogP contribution in [0.25, 0.3) is 0 Å². The molecule has 0 radical (unpaired) electrons. The first-order chi connectivity index (χ1) is 17.7. The van der Waals surface area contributed by atoms with Crippen LogP contribution in [0.3, 0.4) is 0 Å². The normalized spacial score (nSPS) is 21.1. The van der Waals surface area contributed by atoms with Gasteiger partial charge in [0.1, 0.15) is 5.82 Å². The molecule has 2 aliphatic heterocycles. The molecule has 0 aliphatic carbocycles. The van der Waals surface area contributed by atoms with E-state index < -0.39 is 47.9 Å². The molecule has 11 heteroatoms. The largest absolute Gasteiger partial charge is 0.416 e. The predicted octanol–water partition coefficient (Wildman–Crippen LogP) is 7.03. The summed E-state index contributed by atoms with van der Waals surface area (Å²) in [7, 11) is 1.36. The van der Waals surface area contributed by atoms with Crippen molar-refractivity contribution >= 4 is 6.03 Å². The molecule has 38 heavy (non-hydrogen) atoms. The van der Waals surface area contributed by atoms with E-state index >= 15 is 0 Å². The summed E-state index contributed by atoms with van der Waals surface area (Å²) in [5, 5.41) is 0. The SMILES string of the molecule is Cc1cc(F)ccc1[C@H]1C[C@@H](N2CCCC2)CCN1C(=O)N(C)Cc1cc(C(F)(F)F)cc(C(F)(F)F)c1. The average molecular weight is 546 g/mol. The lowest BCUT2D eigenvalue weighted by Crippen LogP contribution is -2.51. The second-order valence-electron chi connectivity index (χ2n) is 10.2. The van der Waals surface area contributed by atoms with E-state index in [-0.39, 0.29) is 17.7 Å². The Bertz CT molecular complexity index is 1130. The first-order valence-electron chi connectivity index (χ1n) is 12.5. The summed E-state index contributed by atoms with van der Waals surface area (Å²) in [4.78, 5) is 18.7. The van der Waals surface area contributed by atoms with Crippen molar-refractivity contribution in [1.82, 2.24) is 14.7 Å². The van der Waals surface area contributed by atoms with Crippen LogP contribution in [-0.2, 0) is 18.9 Å². The fourth-order valence-corrected chi connectivity index (χ4v) is 5.59. The minimum absolute atomic E-state index is 0.0712. The number of halogens is 7. The smallest absolute Gasteiger partial charge is 0.323 e. The second-order valence-corrected chi connectivity index (χ2v) is 10.2. The van der Waals surface area contributed by atoms with E-state index in [2.05, 4.69) is 4.90 Å². The van der Waals surface area contributed by atoms with Crippen molar-refractivity contribution in [3.05, 3.63) is 70.0 Å². The third-order valence-electron chi connectivity index (χ3n) is 7.46. The number of alkyl halides is 6. The number of amides is 2. The highest BCUT2D eigenvalue weighted by Crippen LogP contribution is 2.38. The monoisotopic (exact) mass is 545 g/mol. The van der Waals surface area contributed by atoms with Crippen molar-refractivity contribution in [3.8, 4) is 0 Å². The van der Waals surface area contributed by atoms with Gasteiger partial charge in [0.05, 0.1) is 17.2 Å². The molecule has 2 aliphatic rings. The summed E-state index contributed by atoms with van der Waals surface area (Å²) in [6, 6.07) is 5.02. The number of piperidine rings is 1. The maximum absolute atomic E-state index is 13.8. The number of aryl methyl sites for hydroxylation is 1. The number of carbonyl (C=O) groups is 1. The van der Waals surface area contributed by atoms with Gasteiger partial charge in [-0.3, -0.25) is 0 Å². The van der Waals surface area contributed by atoms with Crippen LogP contribution in [0.1, 0.15) is 59.5 Å². The molecule has 2 aromatic rings. The summed E-state index contributed by atoms with van der Waals surface area (Å²) < 4.78 is 93.7.